The van der Waals surface area contributed by atoms with Crippen LogP contribution in [0.4, 0.5) is 10.5 Å². The minimum Gasteiger partial charge on any atom is -0.444 e. The second kappa shape index (κ2) is 8.82. The van der Waals surface area contributed by atoms with Crippen molar-refractivity contribution in [3.8, 4) is 0 Å². The lowest BCUT2D eigenvalue weighted by atomic mass is 9.89. The summed E-state index contributed by atoms with van der Waals surface area (Å²) in [5.74, 6) is -0.847. The first-order chi connectivity index (χ1) is 13.0. The van der Waals surface area contributed by atoms with E-state index < -0.39 is 11.7 Å². The van der Waals surface area contributed by atoms with E-state index in [1.54, 1.807) is 23.1 Å². The Balaban J connectivity index is 2.08. The maximum Gasteiger partial charge on any atom is 0.410 e. The van der Waals surface area contributed by atoms with Gasteiger partial charge >= 0.3 is 6.09 Å². The SMILES string of the molecule is CNC(=O)c1ccc(NC(=O)[C@H]2CCCN(C(=O)OC(C)(C)C)[C@H]2C)cc1Cl. The molecule has 0 saturated carbocycles. The van der Waals surface area contributed by atoms with Crippen LogP contribution in [-0.2, 0) is 9.53 Å². The molecule has 3 amide bonds. The second-order valence-electron chi connectivity index (χ2n) is 7.93. The van der Waals surface area contributed by atoms with Gasteiger partial charge in [-0.3, -0.25) is 9.59 Å². The Hall–Kier alpha value is -2.28. The van der Waals surface area contributed by atoms with E-state index >= 15 is 0 Å². The van der Waals surface area contributed by atoms with Gasteiger partial charge in [-0.25, -0.2) is 4.79 Å². The number of halogens is 1. The molecule has 28 heavy (non-hydrogen) atoms. The highest BCUT2D eigenvalue weighted by molar-refractivity contribution is 6.34. The lowest BCUT2D eigenvalue weighted by Gasteiger charge is -2.39. The number of ether oxygens (including phenoxy) is 1. The molecule has 8 heteroatoms. The average molecular weight is 410 g/mol. The number of anilines is 1. The van der Waals surface area contributed by atoms with Gasteiger partial charge in [0.25, 0.3) is 5.91 Å². The zero-order chi connectivity index (χ0) is 21.1. The number of carbonyl (C=O) groups is 3. The van der Waals surface area contributed by atoms with Gasteiger partial charge in [0.05, 0.1) is 16.5 Å². The quantitative estimate of drug-likeness (QED) is 0.797. The van der Waals surface area contributed by atoms with Gasteiger partial charge in [0.2, 0.25) is 5.91 Å². The normalized spacial score (nSPS) is 19.7. The average Bonchev–Trinajstić information content (AvgIpc) is 2.59. The summed E-state index contributed by atoms with van der Waals surface area (Å²) in [7, 11) is 1.52. The monoisotopic (exact) mass is 409 g/mol. The van der Waals surface area contributed by atoms with Crippen LogP contribution in [0, 0.1) is 5.92 Å². The van der Waals surface area contributed by atoms with Crippen LogP contribution in [0.3, 0.4) is 0 Å². The fourth-order valence-electron chi connectivity index (χ4n) is 3.22. The maximum atomic E-state index is 12.8. The Kier molecular flexibility index (Phi) is 6.93. The Morgan fingerprint density at radius 3 is 2.50 bits per heavy atom. The molecule has 1 aromatic carbocycles. The third-order valence-electron chi connectivity index (χ3n) is 4.66. The van der Waals surface area contributed by atoms with Crippen molar-refractivity contribution in [1.82, 2.24) is 10.2 Å². The predicted octanol–water partition coefficient (Wildman–Crippen LogP) is 3.67. The number of hydrogen-bond acceptors (Lipinski definition) is 4. The van der Waals surface area contributed by atoms with Crippen LogP contribution < -0.4 is 10.6 Å². The molecule has 1 aromatic rings. The van der Waals surface area contributed by atoms with Crippen LogP contribution in [0.1, 0.15) is 50.9 Å². The first kappa shape index (κ1) is 22.0. The zero-order valence-electron chi connectivity index (χ0n) is 17.0. The number of amides is 3. The van der Waals surface area contributed by atoms with Crippen molar-refractivity contribution in [1.29, 1.82) is 0 Å². The lowest BCUT2D eigenvalue weighted by Crippen LogP contribution is -2.51. The lowest BCUT2D eigenvalue weighted by molar-refractivity contribution is -0.123. The summed E-state index contributed by atoms with van der Waals surface area (Å²) in [6, 6.07) is 4.45. The first-order valence-electron chi connectivity index (χ1n) is 9.35. The van der Waals surface area contributed by atoms with Crippen LogP contribution in [0.15, 0.2) is 18.2 Å². The molecule has 7 nitrogen and oxygen atoms in total. The standard InChI is InChI=1S/C20H28ClN3O4/c1-12-14(7-6-10-24(12)19(27)28-20(2,3)4)18(26)23-13-8-9-15(16(21)11-13)17(25)22-5/h8-9,11-12,14H,6-7,10H2,1-5H3,(H,22,25)(H,23,26)/t12-,14-/m0/s1. The van der Waals surface area contributed by atoms with Crippen LogP contribution >= 0.6 is 11.6 Å². The summed E-state index contributed by atoms with van der Waals surface area (Å²) in [5.41, 5.74) is 0.253. The topological polar surface area (TPSA) is 87.7 Å². The summed E-state index contributed by atoms with van der Waals surface area (Å²) < 4.78 is 5.46. The molecule has 2 N–H and O–H groups in total. The third kappa shape index (κ3) is 5.38. The molecule has 1 aliphatic rings. The Bertz CT molecular complexity index is 760. The van der Waals surface area contributed by atoms with Crippen molar-refractivity contribution in [2.75, 3.05) is 18.9 Å². The highest BCUT2D eigenvalue weighted by Gasteiger charge is 2.37. The number of nitrogens with zero attached hydrogens (tertiary/aromatic N) is 1. The molecule has 0 radical (unpaired) electrons. The van der Waals surface area contributed by atoms with E-state index in [1.165, 1.54) is 7.05 Å². The molecular weight excluding hydrogens is 382 g/mol. The van der Waals surface area contributed by atoms with Crippen molar-refractivity contribution in [2.45, 2.75) is 52.2 Å². The largest absolute Gasteiger partial charge is 0.444 e. The summed E-state index contributed by atoms with van der Waals surface area (Å²) in [6.45, 7) is 7.86. The summed E-state index contributed by atoms with van der Waals surface area (Å²) in [5, 5.41) is 5.61. The minimum atomic E-state index is -0.588. The maximum absolute atomic E-state index is 12.8. The van der Waals surface area contributed by atoms with Gasteiger partial charge in [0, 0.05) is 25.3 Å². The number of rotatable bonds is 3. The highest BCUT2D eigenvalue weighted by atomic mass is 35.5. The van der Waals surface area contributed by atoms with Crippen LogP contribution in [0.2, 0.25) is 5.02 Å². The van der Waals surface area contributed by atoms with Gasteiger partial charge in [-0.15, -0.1) is 0 Å². The van der Waals surface area contributed by atoms with Gasteiger partial charge in [0.1, 0.15) is 5.60 Å². The molecule has 2 atom stereocenters. The van der Waals surface area contributed by atoms with Crippen LogP contribution in [-0.4, -0.2) is 48.0 Å². The molecule has 0 aromatic heterocycles. The van der Waals surface area contributed by atoms with Gasteiger partial charge in [-0.2, -0.15) is 0 Å². The molecule has 1 heterocycles. The van der Waals surface area contributed by atoms with Crippen molar-refractivity contribution in [2.24, 2.45) is 5.92 Å². The minimum absolute atomic E-state index is 0.190. The predicted molar refractivity (Wildman–Crippen MR) is 109 cm³/mol. The number of likely N-dealkylation sites (tertiary alicyclic amines) is 1. The molecule has 0 aliphatic carbocycles. The molecule has 0 unspecified atom stereocenters. The molecule has 1 saturated heterocycles. The highest BCUT2D eigenvalue weighted by Crippen LogP contribution is 2.28. The van der Waals surface area contributed by atoms with Gasteiger partial charge < -0.3 is 20.3 Å². The van der Waals surface area contributed by atoms with E-state index in [1.807, 2.05) is 27.7 Å². The molecule has 1 fully saturated rings. The number of piperidine rings is 1. The van der Waals surface area contributed by atoms with Crippen molar-refractivity contribution >= 4 is 35.2 Å². The molecular formula is C20H28ClN3O4. The number of nitrogens with one attached hydrogen (secondary N) is 2. The summed E-state index contributed by atoms with van der Waals surface area (Å²) in [6.07, 6.45) is 0.990. The molecule has 1 aliphatic heterocycles. The summed E-state index contributed by atoms with van der Waals surface area (Å²) in [4.78, 5) is 38.6. The Morgan fingerprint density at radius 2 is 1.93 bits per heavy atom. The van der Waals surface area contributed by atoms with E-state index in [2.05, 4.69) is 10.6 Å². The van der Waals surface area contributed by atoms with E-state index in [-0.39, 0.29) is 28.8 Å². The van der Waals surface area contributed by atoms with E-state index in [9.17, 15) is 14.4 Å². The Morgan fingerprint density at radius 1 is 1.25 bits per heavy atom. The summed E-state index contributed by atoms with van der Waals surface area (Å²) >= 11 is 6.15. The van der Waals surface area contributed by atoms with Crippen LogP contribution in [0.25, 0.3) is 0 Å². The second-order valence-corrected chi connectivity index (χ2v) is 8.33. The van der Waals surface area contributed by atoms with Gasteiger partial charge in [-0.05, 0) is 58.7 Å². The van der Waals surface area contributed by atoms with Crippen molar-refractivity contribution in [3.63, 3.8) is 0 Å². The smallest absolute Gasteiger partial charge is 0.410 e. The van der Waals surface area contributed by atoms with E-state index in [0.29, 0.717) is 24.2 Å². The van der Waals surface area contributed by atoms with Gasteiger partial charge in [0.15, 0.2) is 0 Å². The van der Waals surface area contributed by atoms with Crippen molar-refractivity contribution < 1.29 is 19.1 Å². The van der Waals surface area contributed by atoms with Crippen LogP contribution in [0.5, 0.6) is 0 Å². The fraction of sp³-hybridized carbons (Fsp3) is 0.550. The molecule has 0 bridgehead atoms. The van der Waals surface area contributed by atoms with E-state index in [4.69, 9.17) is 16.3 Å². The number of benzene rings is 1. The van der Waals surface area contributed by atoms with E-state index in [0.717, 1.165) is 6.42 Å². The van der Waals surface area contributed by atoms with Gasteiger partial charge in [-0.1, -0.05) is 11.6 Å². The molecule has 0 spiro atoms. The molecule has 154 valence electrons. The zero-order valence-corrected chi connectivity index (χ0v) is 17.7. The van der Waals surface area contributed by atoms with Crippen molar-refractivity contribution in [3.05, 3.63) is 28.8 Å². The Labute approximate surface area is 170 Å². The number of hydrogen-bond donors (Lipinski definition) is 2. The fourth-order valence-corrected chi connectivity index (χ4v) is 3.48. The third-order valence-corrected chi connectivity index (χ3v) is 4.97. The molecule has 2 rings (SSSR count). The first-order valence-corrected chi connectivity index (χ1v) is 9.73. The number of carbonyl (C=O) groups excluding carboxylic acids is 3.